The molecule has 0 unspecified atom stereocenters. The summed E-state index contributed by atoms with van der Waals surface area (Å²) in [4.78, 5) is 12.6. The lowest BCUT2D eigenvalue weighted by molar-refractivity contribution is -0.870. The zero-order valence-corrected chi connectivity index (χ0v) is 28.1. The van der Waals surface area contributed by atoms with Crippen LogP contribution >= 0.6 is 0 Å². The molecule has 0 saturated carbocycles. The summed E-state index contributed by atoms with van der Waals surface area (Å²) < 4.78 is 23.5. The molecule has 0 saturated heterocycles. The summed E-state index contributed by atoms with van der Waals surface area (Å²) in [6.45, 7) is 4.32. The van der Waals surface area contributed by atoms with E-state index in [1.165, 1.54) is 77.0 Å². The van der Waals surface area contributed by atoms with E-state index in [4.69, 9.17) is 18.9 Å². The minimum atomic E-state index is -0.370. The topological polar surface area (TPSA) is 54.0 Å². The van der Waals surface area contributed by atoms with Gasteiger partial charge < -0.3 is 47.4 Å². The fraction of sp³-hybridized carbons (Fsp3) is 0.781. The highest BCUT2D eigenvalue weighted by molar-refractivity contribution is 5.91. The second-order valence-corrected chi connectivity index (χ2v) is 11.5. The minimum absolute atomic E-state index is 0. The number of carbonyl (C=O) groups excluding carboxylic acids is 1. The third-order valence-electron chi connectivity index (χ3n) is 6.90. The molecule has 1 aromatic carbocycles. The highest BCUT2D eigenvalue weighted by Gasteiger charge is 2.19. The Morgan fingerprint density at radius 3 is 1.54 bits per heavy atom. The van der Waals surface area contributed by atoms with Crippen molar-refractivity contribution in [1.82, 2.24) is 0 Å². The van der Waals surface area contributed by atoms with Crippen molar-refractivity contribution >= 4 is 5.97 Å². The number of nitrogens with zero attached hydrogens (tertiary/aromatic N) is 1. The van der Waals surface area contributed by atoms with Crippen molar-refractivity contribution in [1.29, 1.82) is 0 Å². The van der Waals surface area contributed by atoms with Crippen molar-refractivity contribution in [3.63, 3.8) is 0 Å². The van der Waals surface area contributed by atoms with Crippen LogP contribution in [0, 0.1) is 0 Å². The van der Waals surface area contributed by atoms with Gasteiger partial charge in [0.2, 0.25) is 5.75 Å². The van der Waals surface area contributed by atoms with Crippen LogP contribution in [0.2, 0.25) is 0 Å². The molecule has 0 radical (unpaired) electrons. The first-order valence-electron chi connectivity index (χ1n) is 15.2. The summed E-state index contributed by atoms with van der Waals surface area (Å²) in [6, 6.07) is 3.36. The van der Waals surface area contributed by atoms with Crippen LogP contribution in [0.5, 0.6) is 17.2 Å². The zero-order chi connectivity index (χ0) is 28.1. The number of rotatable bonds is 24. The van der Waals surface area contributed by atoms with E-state index in [-0.39, 0.29) is 29.9 Å². The first-order chi connectivity index (χ1) is 18.3. The van der Waals surface area contributed by atoms with E-state index < -0.39 is 0 Å². The van der Waals surface area contributed by atoms with Crippen molar-refractivity contribution < 1.29 is 52.2 Å². The van der Waals surface area contributed by atoms with Gasteiger partial charge in [-0.1, -0.05) is 90.4 Å². The second kappa shape index (κ2) is 23.5. The molecule has 0 aromatic heterocycles. The standard InChI is InChI=1S/C32H58NO5.HI/c1-7-8-9-10-11-12-13-14-15-16-17-18-19-21-24-37-31-29(35-5)26-28(27-30(31)36-6)32(34)38-25-22-20-23-33(2,3)4;/h26-27H,7-25H2,1-6H3;1H/q+1;/p-1. The number of quaternary nitrogens is 1. The lowest BCUT2D eigenvalue weighted by Crippen LogP contribution is -3.00. The maximum Gasteiger partial charge on any atom is 0.338 e. The largest absolute Gasteiger partial charge is 1.00 e. The van der Waals surface area contributed by atoms with Gasteiger partial charge in [0.05, 0.1) is 60.7 Å². The summed E-state index contributed by atoms with van der Waals surface area (Å²) in [5.74, 6) is 1.16. The first-order valence-corrected chi connectivity index (χ1v) is 15.2. The Morgan fingerprint density at radius 2 is 1.10 bits per heavy atom. The van der Waals surface area contributed by atoms with E-state index in [1.807, 2.05) is 0 Å². The second-order valence-electron chi connectivity index (χ2n) is 11.5. The summed E-state index contributed by atoms with van der Waals surface area (Å²) in [5, 5.41) is 0. The van der Waals surface area contributed by atoms with Crippen molar-refractivity contribution in [3.05, 3.63) is 17.7 Å². The van der Waals surface area contributed by atoms with Crippen LogP contribution in [-0.4, -0.2) is 65.6 Å². The van der Waals surface area contributed by atoms with Gasteiger partial charge in [-0.05, 0) is 31.4 Å². The van der Waals surface area contributed by atoms with E-state index in [1.54, 1.807) is 26.4 Å². The lowest BCUT2D eigenvalue weighted by Gasteiger charge is -2.23. The molecule has 0 heterocycles. The van der Waals surface area contributed by atoms with Gasteiger partial charge in [-0.3, -0.25) is 0 Å². The maximum atomic E-state index is 12.6. The highest BCUT2D eigenvalue weighted by atomic mass is 127. The highest BCUT2D eigenvalue weighted by Crippen LogP contribution is 2.39. The van der Waals surface area contributed by atoms with Crippen LogP contribution in [0.1, 0.15) is 120 Å². The molecule has 0 atom stereocenters. The predicted molar refractivity (Wildman–Crippen MR) is 158 cm³/mol. The lowest BCUT2D eigenvalue weighted by atomic mass is 10.0. The van der Waals surface area contributed by atoms with Crippen molar-refractivity contribution in [3.8, 4) is 17.2 Å². The summed E-state index contributed by atoms with van der Waals surface area (Å²) >= 11 is 0. The van der Waals surface area contributed by atoms with Gasteiger partial charge in [0.1, 0.15) is 0 Å². The number of methoxy groups -OCH3 is 2. The molecule has 1 rings (SSSR count). The molecule has 7 heteroatoms. The van der Waals surface area contributed by atoms with Gasteiger partial charge in [0.25, 0.3) is 0 Å². The molecular weight excluding hydrogens is 605 g/mol. The van der Waals surface area contributed by atoms with Gasteiger partial charge in [-0.15, -0.1) is 0 Å². The predicted octanol–water partition coefficient (Wildman–Crippen LogP) is 5.21. The molecule has 0 bridgehead atoms. The number of benzene rings is 1. The van der Waals surface area contributed by atoms with Gasteiger partial charge in [0, 0.05) is 0 Å². The molecule has 1 aromatic rings. The van der Waals surface area contributed by atoms with Gasteiger partial charge in [0.15, 0.2) is 11.5 Å². The average Bonchev–Trinajstić information content (AvgIpc) is 2.89. The van der Waals surface area contributed by atoms with Crippen LogP contribution in [0.3, 0.4) is 0 Å². The quantitative estimate of drug-likeness (QED) is 0.0659. The Morgan fingerprint density at radius 1 is 0.667 bits per heavy atom. The number of unbranched alkanes of at least 4 members (excludes halogenated alkanes) is 14. The monoisotopic (exact) mass is 663 g/mol. The van der Waals surface area contributed by atoms with E-state index in [0.29, 0.717) is 36.0 Å². The first kappa shape index (κ1) is 37.8. The van der Waals surface area contributed by atoms with Gasteiger partial charge in [-0.25, -0.2) is 4.79 Å². The molecule has 0 N–H and O–H groups in total. The van der Waals surface area contributed by atoms with Crippen molar-refractivity contribution in [2.45, 2.75) is 110 Å². The van der Waals surface area contributed by atoms with E-state index in [9.17, 15) is 4.79 Å². The molecule has 0 amide bonds. The Labute approximate surface area is 257 Å². The van der Waals surface area contributed by atoms with Crippen molar-refractivity contribution in [2.24, 2.45) is 0 Å². The number of carbonyl (C=O) groups is 1. The van der Waals surface area contributed by atoms with Crippen LogP contribution in [0.4, 0.5) is 0 Å². The number of hydrogen-bond donors (Lipinski definition) is 0. The number of hydrogen-bond acceptors (Lipinski definition) is 5. The fourth-order valence-corrected chi connectivity index (χ4v) is 4.55. The minimum Gasteiger partial charge on any atom is -1.00 e. The molecule has 0 aliphatic heterocycles. The summed E-state index contributed by atoms with van der Waals surface area (Å²) in [5.41, 5.74) is 0.411. The molecule has 39 heavy (non-hydrogen) atoms. The molecule has 0 spiro atoms. The zero-order valence-electron chi connectivity index (χ0n) is 26.0. The third-order valence-corrected chi connectivity index (χ3v) is 6.90. The van der Waals surface area contributed by atoms with Gasteiger partial charge >= 0.3 is 5.97 Å². The number of halogens is 1. The van der Waals surface area contributed by atoms with E-state index >= 15 is 0 Å². The molecule has 6 nitrogen and oxygen atoms in total. The molecule has 0 fully saturated rings. The Kier molecular flexibility index (Phi) is 22.7. The normalized spacial score (nSPS) is 11.1. The number of ether oxygens (including phenoxy) is 4. The van der Waals surface area contributed by atoms with Crippen LogP contribution < -0.4 is 38.2 Å². The van der Waals surface area contributed by atoms with E-state index in [2.05, 4.69) is 28.1 Å². The smallest absolute Gasteiger partial charge is 0.338 e. The summed E-state index contributed by atoms with van der Waals surface area (Å²) in [7, 11) is 9.64. The third kappa shape index (κ3) is 18.7. The average molecular weight is 664 g/mol. The van der Waals surface area contributed by atoms with E-state index in [0.717, 1.165) is 36.7 Å². The SMILES string of the molecule is CCCCCCCCCCCCCCCCOc1c(OC)cc(C(=O)OCCCC[N+](C)(C)C)cc1OC.[I-]. The fourth-order valence-electron chi connectivity index (χ4n) is 4.55. The number of esters is 1. The molecular formula is C32H58INO5. The Bertz CT molecular complexity index is 726. The van der Waals surface area contributed by atoms with Gasteiger partial charge in [-0.2, -0.15) is 0 Å². The molecule has 0 aliphatic rings. The van der Waals surface area contributed by atoms with Crippen molar-refractivity contribution in [2.75, 3.05) is 55.1 Å². The van der Waals surface area contributed by atoms with Crippen LogP contribution in [0.15, 0.2) is 12.1 Å². The molecule has 0 aliphatic carbocycles. The molecule has 228 valence electrons. The van der Waals surface area contributed by atoms with Crippen LogP contribution in [0.25, 0.3) is 0 Å². The summed E-state index contributed by atoms with van der Waals surface area (Å²) in [6.07, 6.45) is 20.4. The maximum absolute atomic E-state index is 12.6. The Balaban J connectivity index is 0.0000144. The van der Waals surface area contributed by atoms with Crippen LogP contribution in [-0.2, 0) is 4.74 Å². The Hall–Kier alpha value is -1.22.